The molecular weight excluding hydrogens is 168 g/mol. The van der Waals surface area contributed by atoms with Crippen LogP contribution in [0.1, 0.15) is 6.92 Å². The molecule has 0 radical (unpaired) electrons. The fraction of sp³-hybridized carbons (Fsp3) is 0.300. The van der Waals surface area contributed by atoms with Crippen molar-refractivity contribution in [3.05, 3.63) is 30.3 Å². The van der Waals surface area contributed by atoms with Crippen molar-refractivity contribution in [2.45, 2.75) is 6.92 Å². The second-order valence-corrected chi connectivity index (χ2v) is 2.86. The first-order valence-electron chi connectivity index (χ1n) is 4.11. The van der Waals surface area contributed by atoms with E-state index in [1.54, 1.807) is 19.1 Å². The zero-order valence-electron chi connectivity index (χ0n) is 7.43. The summed E-state index contributed by atoms with van der Waals surface area (Å²) >= 11 is 0. The van der Waals surface area contributed by atoms with Crippen LogP contribution in [-0.2, 0) is 4.79 Å². The zero-order chi connectivity index (χ0) is 9.68. The molecule has 3 nitrogen and oxygen atoms in total. The minimum absolute atomic E-state index is 0.208. The predicted octanol–water partition coefficient (Wildman–Crippen LogP) is 1.79. The van der Waals surface area contributed by atoms with Crippen LogP contribution < -0.4 is 4.74 Å². The molecule has 1 aromatic rings. The van der Waals surface area contributed by atoms with Gasteiger partial charge in [-0.3, -0.25) is 4.79 Å². The molecule has 0 aliphatic heterocycles. The third kappa shape index (κ3) is 3.15. The highest BCUT2D eigenvalue weighted by Crippen LogP contribution is 2.09. The van der Waals surface area contributed by atoms with E-state index < -0.39 is 11.9 Å². The summed E-state index contributed by atoms with van der Waals surface area (Å²) in [5.74, 6) is -0.605. The molecule has 0 aromatic heterocycles. The van der Waals surface area contributed by atoms with E-state index in [9.17, 15) is 4.79 Å². The topological polar surface area (TPSA) is 46.5 Å². The summed E-state index contributed by atoms with van der Waals surface area (Å²) in [5, 5.41) is 8.58. The molecule has 1 unspecified atom stereocenters. The number of para-hydroxylation sites is 1. The molecule has 1 atom stereocenters. The van der Waals surface area contributed by atoms with Crippen molar-refractivity contribution in [2.24, 2.45) is 5.92 Å². The Hall–Kier alpha value is -1.51. The summed E-state index contributed by atoms with van der Waals surface area (Å²) in [6, 6.07) is 9.18. The molecule has 0 aliphatic rings. The number of carboxylic acids is 1. The largest absolute Gasteiger partial charge is 0.493 e. The molecule has 1 N–H and O–H groups in total. The summed E-state index contributed by atoms with van der Waals surface area (Å²) in [4.78, 5) is 10.4. The lowest BCUT2D eigenvalue weighted by atomic mass is 10.2. The molecule has 0 spiro atoms. The third-order valence-electron chi connectivity index (χ3n) is 1.66. The number of hydrogen-bond donors (Lipinski definition) is 1. The van der Waals surface area contributed by atoms with Gasteiger partial charge in [-0.2, -0.15) is 0 Å². The summed E-state index contributed by atoms with van der Waals surface area (Å²) in [6.07, 6.45) is 0. The third-order valence-corrected chi connectivity index (χ3v) is 1.66. The molecule has 0 saturated carbocycles. The number of benzene rings is 1. The van der Waals surface area contributed by atoms with E-state index >= 15 is 0 Å². The Bertz CT molecular complexity index is 269. The molecular formula is C10H12O3. The first kappa shape index (κ1) is 9.58. The van der Waals surface area contributed by atoms with E-state index in [0.717, 1.165) is 0 Å². The summed E-state index contributed by atoms with van der Waals surface area (Å²) in [7, 11) is 0. The van der Waals surface area contributed by atoms with Crippen LogP contribution >= 0.6 is 0 Å². The average molecular weight is 180 g/mol. The number of aliphatic carboxylic acids is 1. The van der Waals surface area contributed by atoms with Crippen LogP contribution in [0.3, 0.4) is 0 Å². The van der Waals surface area contributed by atoms with Crippen LogP contribution in [0.25, 0.3) is 0 Å². The SMILES string of the molecule is CC(COc1ccccc1)C(=O)O. The van der Waals surface area contributed by atoms with Crippen molar-refractivity contribution in [1.29, 1.82) is 0 Å². The minimum atomic E-state index is -0.837. The minimum Gasteiger partial charge on any atom is -0.493 e. The fourth-order valence-corrected chi connectivity index (χ4v) is 0.809. The molecule has 1 rings (SSSR count). The number of rotatable bonds is 4. The maximum Gasteiger partial charge on any atom is 0.309 e. The molecule has 0 amide bonds. The Morgan fingerprint density at radius 1 is 1.46 bits per heavy atom. The Kier molecular flexibility index (Phi) is 3.31. The molecule has 0 bridgehead atoms. The maximum atomic E-state index is 10.4. The smallest absolute Gasteiger partial charge is 0.309 e. The maximum absolute atomic E-state index is 10.4. The molecule has 13 heavy (non-hydrogen) atoms. The van der Waals surface area contributed by atoms with Crippen LogP contribution in [0.15, 0.2) is 30.3 Å². The van der Waals surface area contributed by atoms with Gasteiger partial charge in [-0.05, 0) is 19.1 Å². The van der Waals surface area contributed by atoms with E-state index in [1.165, 1.54) is 0 Å². The van der Waals surface area contributed by atoms with Gasteiger partial charge in [-0.25, -0.2) is 0 Å². The van der Waals surface area contributed by atoms with Gasteiger partial charge in [0, 0.05) is 0 Å². The van der Waals surface area contributed by atoms with Crippen LogP contribution in [0.5, 0.6) is 5.75 Å². The van der Waals surface area contributed by atoms with Crippen molar-refractivity contribution >= 4 is 5.97 Å². The first-order valence-corrected chi connectivity index (χ1v) is 4.11. The van der Waals surface area contributed by atoms with E-state index in [-0.39, 0.29) is 6.61 Å². The van der Waals surface area contributed by atoms with Gasteiger partial charge in [-0.1, -0.05) is 18.2 Å². The van der Waals surface area contributed by atoms with Crippen molar-refractivity contribution in [2.75, 3.05) is 6.61 Å². The predicted molar refractivity (Wildman–Crippen MR) is 48.7 cm³/mol. The van der Waals surface area contributed by atoms with Crippen LogP contribution in [0.4, 0.5) is 0 Å². The van der Waals surface area contributed by atoms with Crippen LogP contribution in [0, 0.1) is 5.92 Å². The molecule has 0 aliphatic carbocycles. The lowest BCUT2D eigenvalue weighted by Crippen LogP contribution is -2.17. The Morgan fingerprint density at radius 2 is 2.08 bits per heavy atom. The lowest BCUT2D eigenvalue weighted by molar-refractivity contribution is -0.142. The number of ether oxygens (including phenoxy) is 1. The fourth-order valence-electron chi connectivity index (χ4n) is 0.809. The van der Waals surface area contributed by atoms with Gasteiger partial charge in [-0.15, -0.1) is 0 Å². The number of carbonyl (C=O) groups is 1. The van der Waals surface area contributed by atoms with Crippen molar-refractivity contribution in [3.8, 4) is 5.75 Å². The highest BCUT2D eigenvalue weighted by atomic mass is 16.5. The van der Waals surface area contributed by atoms with Crippen LogP contribution in [0.2, 0.25) is 0 Å². The number of hydrogen-bond acceptors (Lipinski definition) is 2. The standard InChI is InChI=1S/C10H12O3/c1-8(10(11)12)7-13-9-5-3-2-4-6-9/h2-6,8H,7H2,1H3,(H,11,12). The normalized spacial score (nSPS) is 12.1. The molecule has 1 aromatic carbocycles. The van der Waals surface area contributed by atoms with Gasteiger partial charge in [0.2, 0.25) is 0 Å². The second kappa shape index (κ2) is 4.50. The Balaban J connectivity index is 2.39. The zero-order valence-corrected chi connectivity index (χ0v) is 7.43. The monoisotopic (exact) mass is 180 g/mol. The van der Waals surface area contributed by atoms with E-state index in [2.05, 4.69) is 0 Å². The Morgan fingerprint density at radius 3 is 2.62 bits per heavy atom. The first-order chi connectivity index (χ1) is 6.20. The van der Waals surface area contributed by atoms with E-state index in [0.29, 0.717) is 5.75 Å². The second-order valence-electron chi connectivity index (χ2n) is 2.86. The molecule has 0 saturated heterocycles. The van der Waals surface area contributed by atoms with Crippen molar-refractivity contribution in [3.63, 3.8) is 0 Å². The van der Waals surface area contributed by atoms with Gasteiger partial charge in [0.15, 0.2) is 0 Å². The van der Waals surface area contributed by atoms with Gasteiger partial charge in [0.1, 0.15) is 12.4 Å². The molecule has 70 valence electrons. The van der Waals surface area contributed by atoms with Gasteiger partial charge >= 0.3 is 5.97 Å². The van der Waals surface area contributed by atoms with E-state index in [4.69, 9.17) is 9.84 Å². The highest BCUT2D eigenvalue weighted by Gasteiger charge is 2.10. The molecule has 0 fully saturated rings. The quantitative estimate of drug-likeness (QED) is 0.768. The summed E-state index contributed by atoms with van der Waals surface area (Å²) < 4.78 is 5.25. The summed E-state index contributed by atoms with van der Waals surface area (Å²) in [5.41, 5.74) is 0. The van der Waals surface area contributed by atoms with Crippen molar-refractivity contribution in [1.82, 2.24) is 0 Å². The Labute approximate surface area is 77.0 Å². The van der Waals surface area contributed by atoms with Crippen LogP contribution in [-0.4, -0.2) is 17.7 Å². The van der Waals surface area contributed by atoms with Crippen molar-refractivity contribution < 1.29 is 14.6 Å². The molecule has 3 heteroatoms. The number of carboxylic acid groups (broad SMARTS) is 1. The average Bonchev–Trinajstić information content (AvgIpc) is 2.15. The molecule has 0 heterocycles. The van der Waals surface area contributed by atoms with Gasteiger partial charge in [0.05, 0.1) is 5.92 Å². The van der Waals surface area contributed by atoms with E-state index in [1.807, 2.05) is 18.2 Å². The van der Waals surface area contributed by atoms with Gasteiger partial charge < -0.3 is 9.84 Å². The highest BCUT2D eigenvalue weighted by molar-refractivity contribution is 5.69. The van der Waals surface area contributed by atoms with Gasteiger partial charge in [0.25, 0.3) is 0 Å². The summed E-state index contributed by atoms with van der Waals surface area (Å²) in [6.45, 7) is 1.82. The lowest BCUT2D eigenvalue weighted by Gasteiger charge is -2.08.